The highest BCUT2D eigenvalue weighted by molar-refractivity contribution is 4.77. The Kier molecular flexibility index (Phi) is 3.55. The van der Waals surface area contributed by atoms with Crippen LogP contribution in [-0.4, -0.2) is 12.7 Å². The molecule has 0 aromatic heterocycles. The van der Waals surface area contributed by atoms with Crippen molar-refractivity contribution in [2.24, 2.45) is 11.8 Å². The monoisotopic (exact) mass is 167 g/mol. The molecule has 2 atom stereocenters. The van der Waals surface area contributed by atoms with Gasteiger partial charge in [-0.15, -0.1) is 0 Å². The van der Waals surface area contributed by atoms with Gasteiger partial charge in [0.25, 0.3) is 0 Å². The lowest BCUT2D eigenvalue weighted by atomic mass is 9.82. The second-order valence-electron chi connectivity index (χ2n) is 4.01. The normalized spacial score (nSPS) is 35.9. The Morgan fingerprint density at radius 2 is 1.83 bits per heavy atom. The maximum Gasteiger partial charge on any atom is 0.134 e. The molecule has 0 N–H and O–H groups in total. The number of hydrogen-bond donors (Lipinski definition) is 0. The smallest absolute Gasteiger partial charge is 0.134 e. The molecule has 0 aromatic rings. The fourth-order valence-corrected chi connectivity index (χ4v) is 2.16. The number of hydrogen-bond acceptors (Lipinski definition) is 2. The average molecular weight is 167 g/mol. The van der Waals surface area contributed by atoms with Crippen LogP contribution in [-0.2, 0) is 4.74 Å². The van der Waals surface area contributed by atoms with E-state index in [1.807, 2.05) is 6.07 Å². The Morgan fingerprint density at radius 3 is 2.33 bits per heavy atom. The highest BCUT2D eigenvalue weighted by Gasteiger charge is 2.23. The maximum atomic E-state index is 8.35. The van der Waals surface area contributed by atoms with Crippen LogP contribution in [0.3, 0.4) is 0 Å². The van der Waals surface area contributed by atoms with Crippen molar-refractivity contribution in [3.8, 4) is 6.07 Å². The molecule has 2 unspecified atom stereocenters. The van der Waals surface area contributed by atoms with E-state index in [9.17, 15) is 0 Å². The van der Waals surface area contributed by atoms with Gasteiger partial charge >= 0.3 is 0 Å². The van der Waals surface area contributed by atoms with Gasteiger partial charge < -0.3 is 4.74 Å². The third-order valence-corrected chi connectivity index (χ3v) is 2.52. The molecule has 0 aromatic carbocycles. The highest BCUT2D eigenvalue weighted by atomic mass is 16.5. The largest absolute Gasteiger partial charge is 0.363 e. The average Bonchev–Trinajstić information content (AvgIpc) is 1.99. The summed E-state index contributed by atoms with van der Waals surface area (Å²) in [6, 6.07) is 2.02. The molecule has 0 radical (unpaired) electrons. The summed E-state index contributed by atoms with van der Waals surface area (Å²) in [4.78, 5) is 0. The number of ether oxygens (including phenoxy) is 1. The Balaban J connectivity index is 2.30. The highest BCUT2D eigenvalue weighted by Crippen LogP contribution is 2.29. The number of nitrogens with zero attached hydrogens (tertiary/aromatic N) is 1. The summed E-state index contributed by atoms with van der Waals surface area (Å²) in [6.07, 6.45) is 3.91. The zero-order valence-corrected chi connectivity index (χ0v) is 7.92. The van der Waals surface area contributed by atoms with Crippen LogP contribution in [0.4, 0.5) is 0 Å². The minimum atomic E-state index is 0.254. The van der Waals surface area contributed by atoms with Crippen LogP contribution in [0.5, 0.6) is 0 Å². The van der Waals surface area contributed by atoms with Gasteiger partial charge in [-0.2, -0.15) is 5.26 Å². The molecule has 0 aliphatic heterocycles. The molecular weight excluding hydrogens is 150 g/mol. The first-order valence-electron chi connectivity index (χ1n) is 4.71. The quantitative estimate of drug-likeness (QED) is 0.632. The lowest BCUT2D eigenvalue weighted by Crippen LogP contribution is -2.26. The van der Waals surface area contributed by atoms with Crippen LogP contribution in [0.2, 0.25) is 0 Å². The Morgan fingerprint density at radius 1 is 1.25 bits per heavy atom. The standard InChI is InChI=1S/C10H17NO/c1-8-5-9(2)7-10(6-8)12-4-3-11/h8-10H,4-7H2,1-2H3. The van der Waals surface area contributed by atoms with Crippen LogP contribution in [0, 0.1) is 23.2 Å². The first-order valence-corrected chi connectivity index (χ1v) is 4.71. The molecule has 2 heteroatoms. The predicted molar refractivity (Wildman–Crippen MR) is 47.5 cm³/mol. The summed E-state index contributed by atoms with van der Waals surface area (Å²) in [5.41, 5.74) is 0. The minimum Gasteiger partial charge on any atom is -0.363 e. The van der Waals surface area contributed by atoms with Gasteiger partial charge in [0.2, 0.25) is 0 Å². The summed E-state index contributed by atoms with van der Waals surface area (Å²) < 4.78 is 5.41. The molecule has 12 heavy (non-hydrogen) atoms. The molecule has 0 bridgehead atoms. The van der Waals surface area contributed by atoms with E-state index >= 15 is 0 Å². The second kappa shape index (κ2) is 4.47. The first kappa shape index (κ1) is 9.54. The molecule has 0 spiro atoms. The lowest BCUT2D eigenvalue weighted by Gasteiger charge is -2.30. The van der Waals surface area contributed by atoms with Crippen molar-refractivity contribution < 1.29 is 4.74 Å². The van der Waals surface area contributed by atoms with Crippen molar-refractivity contribution in [1.82, 2.24) is 0 Å². The van der Waals surface area contributed by atoms with E-state index in [-0.39, 0.29) is 6.61 Å². The third-order valence-electron chi connectivity index (χ3n) is 2.52. The van der Waals surface area contributed by atoms with Gasteiger partial charge in [0.1, 0.15) is 6.61 Å². The van der Waals surface area contributed by atoms with Crippen molar-refractivity contribution >= 4 is 0 Å². The predicted octanol–water partition coefficient (Wildman–Crippen LogP) is 2.35. The molecule has 0 saturated heterocycles. The van der Waals surface area contributed by atoms with Gasteiger partial charge in [-0.05, 0) is 31.1 Å². The van der Waals surface area contributed by atoms with Crippen LogP contribution >= 0.6 is 0 Å². The third kappa shape index (κ3) is 2.83. The lowest BCUT2D eigenvalue weighted by molar-refractivity contribution is 0.0178. The van der Waals surface area contributed by atoms with E-state index in [1.165, 1.54) is 6.42 Å². The van der Waals surface area contributed by atoms with Crippen LogP contribution in [0.15, 0.2) is 0 Å². The molecule has 1 saturated carbocycles. The summed E-state index contributed by atoms with van der Waals surface area (Å²) in [5.74, 6) is 1.52. The van der Waals surface area contributed by atoms with Crippen LogP contribution in [0.25, 0.3) is 0 Å². The van der Waals surface area contributed by atoms with Gasteiger partial charge in [0, 0.05) is 0 Å². The molecule has 0 heterocycles. The fourth-order valence-electron chi connectivity index (χ4n) is 2.16. The Bertz CT molecular complexity index is 163. The van der Waals surface area contributed by atoms with E-state index < -0.39 is 0 Å². The van der Waals surface area contributed by atoms with Gasteiger partial charge in [-0.1, -0.05) is 13.8 Å². The Hall–Kier alpha value is -0.550. The topological polar surface area (TPSA) is 33.0 Å². The van der Waals surface area contributed by atoms with Crippen molar-refractivity contribution in [3.05, 3.63) is 0 Å². The van der Waals surface area contributed by atoms with E-state index in [0.717, 1.165) is 24.7 Å². The van der Waals surface area contributed by atoms with Gasteiger partial charge in [0.05, 0.1) is 12.2 Å². The molecular formula is C10H17NO. The van der Waals surface area contributed by atoms with Crippen molar-refractivity contribution in [3.63, 3.8) is 0 Å². The van der Waals surface area contributed by atoms with Crippen molar-refractivity contribution in [2.45, 2.75) is 39.2 Å². The number of rotatable bonds is 2. The Labute approximate surface area is 74.5 Å². The number of nitriles is 1. The zero-order valence-electron chi connectivity index (χ0n) is 7.92. The van der Waals surface area contributed by atoms with E-state index in [1.54, 1.807) is 0 Å². The SMILES string of the molecule is CC1CC(C)CC(OCC#N)C1. The molecule has 1 aliphatic carbocycles. The summed E-state index contributed by atoms with van der Waals surface area (Å²) >= 11 is 0. The van der Waals surface area contributed by atoms with Crippen molar-refractivity contribution in [1.29, 1.82) is 5.26 Å². The molecule has 2 nitrogen and oxygen atoms in total. The second-order valence-corrected chi connectivity index (χ2v) is 4.01. The summed E-state index contributed by atoms with van der Waals surface area (Å²) in [6.45, 7) is 4.78. The molecule has 1 rings (SSSR count). The van der Waals surface area contributed by atoms with Crippen LogP contribution in [0.1, 0.15) is 33.1 Å². The molecule has 1 fully saturated rings. The van der Waals surface area contributed by atoms with Crippen LogP contribution < -0.4 is 0 Å². The minimum absolute atomic E-state index is 0.254. The molecule has 68 valence electrons. The van der Waals surface area contributed by atoms with Crippen molar-refractivity contribution in [2.75, 3.05) is 6.61 Å². The van der Waals surface area contributed by atoms with E-state index in [0.29, 0.717) is 6.10 Å². The first-order chi connectivity index (χ1) is 5.72. The summed E-state index contributed by atoms with van der Waals surface area (Å²) in [5, 5.41) is 8.35. The van der Waals surface area contributed by atoms with Gasteiger partial charge in [-0.25, -0.2) is 0 Å². The van der Waals surface area contributed by atoms with E-state index in [4.69, 9.17) is 10.00 Å². The zero-order chi connectivity index (χ0) is 8.97. The maximum absolute atomic E-state index is 8.35. The molecule has 1 aliphatic rings. The summed E-state index contributed by atoms with van der Waals surface area (Å²) in [7, 11) is 0. The molecule has 0 amide bonds. The van der Waals surface area contributed by atoms with Gasteiger partial charge in [0.15, 0.2) is 0 Å². The van der Waals surface area contributed by atoms with E-state index in [2.05, 4.69) is 13.8 Å². The fraction of sp³-hybridized carbons (Fsp3) is 0.900. The van der Waals surface area contributed by atoms with Gasteiger partial charge in [-0.3, -0.25) is 0 Å².